The number of fused-ring (bicyclic) bond motifs is 3. The van der Waals surface area contributed by atoms with E-state index in [4.69, 9.17) is 14.6 Å². The quantitative estimate of drug-likeness (QED) is 0.502. The van der Waals surface area contributed by atoms with Gasteiger partial charge in [-0.1, -0.05) is 0 Å². The summed E-state index contributed by atoms with van der Waals surface area (Å²) in [6.45, 7) is 2.79. The summed E-state index contributed by atoms with van der Waals surface area (Å²) in [5.41, 5.74) is 3.16. The van der Waals surface area contributed by atoms with E-state index in [1.165, 1.54) is 17.0 Å². The van der Waals surface area contributed by atoms with Crippen molar-refractivity contribution in [3.05, 3.63) is 30.0 Å². The third kappa shape index (κ3) is 5.19. The molecular weight excluding hydrogens is 436 g/mol. The number of carboxylic acid groups (broad SMARTS) is 1. The summed E-state index contributed by atoms with van der Waals surface area (Å²) in [7, 11) is 5.27. The average molecular weight is 471 g/mol. The summed E-state index contributed by atoms with van der Waals surface area (Å²) in [5, 5.41) is 18.3. The predicted molar refractivity (Wildman–Crippen MR) is 124 cm³/mol. The third-order valence-electron chi connectivity index (χ3n) is 7.36. The van der Waals surface area contributed by atoms with Crippen molar-refractivity contribution < 1.29 is 29.1 Å². The van der Waals surface area contributed by atoms with Crippen LogP contribution in [0.2, 0.25) is 0 Å². The van der Waals surface area contributed by atoms with Crippen molar-refractivity contribution >= 4 is 11.9 Å². The zero-order chi connectivity index (χ0) is 24.2. The van der Waals surface area contributed by atoms with Crippen LogP contribution in [0.4, 0.5) is 0 Å². The maximum absolute atomic E-state index is 12.1. The Morgan fingerprint density at radius 1 is 1.21 bits per heavy atom. The van der Waals surface area contributed by atoms with Crippen molar-refractivity contribution in [2.45, 2.75) is 44.1 Å². The zero-order valence-electron chi connectivity index (χ0n) is 20.1. The molecular formula is C25H34N4O5. The van der Waals surface area contributed by atoms with Crippen LogP contribution >= 0.6 is 0 Å². The Hall–Kier alpha value is -3.07. The molecule has 1 aromatic carbocycles. The second-order valence-electron chi connectivity index (χ2n) is 9.38. The van der Waals surface area contributed by atoms with Crippen molar-refractivity contribution in [3.63, 3.8) is 0 Å². The van der Waals surface area contributed by atoms with Gasteiger partial charge in [-0.15, -0.1) is 0 Å². The molecule has 0 saturated carbocycles. The second kappa shape index (κ2) is 10.5. The summed E-state index contributed by atoms with van der Waals surface area (Å²) in [5.74, 6) is 1.19. The number of benzene rings is 1. The molecule has 9 nitrogen and oxygen atoms in total. The third-order valence-corrected chi connectivity index (χ3v) is 7.36. The Balaban J connectivity index is 1.39. The maximum atomic E-state index is 12.1. The smallest absolute Gasteiger partial charge is 0.220 e. The molecule has 1 aromatic heterocycles. The lowest BCUT2D eigenvalue weighted by atomic mass is 9.74. The normalized spacial score (nSPS) is 23.5. The van der Waals surface area contributed by atoms with Gasteiger partial charge in [0, 0.05) is 43.5 Å². The molecule has 1 unspecified atom stereocenters. The second-order valence-corrected chi connectivity index (χ2v) is 9.38. The van der Waals surface area contributed by atoms with Gasteiger partial charge >= 0.3 is 0 Å². The fourth-order valence-electron chi connectivity index (χ4n) is 5.57. The molecule has 1 amide bonds. The molecule has 0 spiro atoms. The van der Waals surface area contributed by atoms with Gasteiger partial charge < -0.3 is 29.6 Å². The van der Waals surface area contributed by atoms with Crippen LogP contribution in [0, 0.1) is 5.92 Å². The highest BCUT2D eigenvalue weighted by Crippen LogP contribution is 2.37. The number of quaternary nitrogens is 1. The van der Waals surface area contributed by atoms with Crippen LogP contribution in [0.15, 0.2) is 24.3 Å². The van der Waals surface area contributed by atoms with Crippen LogP contribution in [-0.2, 0) is 16.6 Å². The Morgan fingerprint density at radius 2 is 2.00 bits per heavy atom. The summed E-state index contributed by atoms with van der Waals surface area (Å²) < 4.78 is 12.8. The average Bonchev–Trinajstić information content (AvgIpc) is 3.23. The molecule has 9 heteroatoms. The largest absolute Gasteiger partial charge is 0.550 e. The highest BCUT2D eigenvalue weighted by molar-refractivity contribution is 5.76. The maximum Gasteiger partial charge on any atom is 0.220 e. The first-order valence-corrected chi connectivity index (χ1v) is 12.0. The fraction of sp³-hybridized carbons (Fsp3) is 0.560. The van der Waals surface area contributed by atoms with Gasteiger partial charge in [0.2, 0.25) is 5.91 Å². The number of piperidine rings is 3. The molecule has 0 radical (unpaired) electrons. The minimum atomic E-state index is -1.11. The number of carbonyl (C=O) groups is 2. The van der Waals surface area contributed by atoms with Gasteiger partial charge in [0.25, 0.3) is 0 Å². The minimum absolute atomic E-state index is 0.0754. The Labute approximate surface area is 200 Å². The Kier molecular flexibility index (Phi) is 7.41. The van der Waals surface area contributed by atoms with Crippen molar-refractivity contribution in [3.8, 4) is 22.8 Å². The monoisotopic (exact) mass is 470 g/mol. The van der Waals surface area contributed by atoms with E-state index < -0.39 is 5.97 Å². The molecule has 34 heavy (non-hydrogen) atoms. The number of hydrogen-bond donors (Lipinski definition) is 2. The number of nitrogens with zero attached hydrogens (tertiary/aromatic N) is 2. The number of nitrogens with one attached hydrogen (secondary N) is 2. The number of aryl methyl sites for hydroxylation is 1. The summed E-state index contributed by atoms with van der Waals surface area (Å²) in [6.07, 6.45) is 2.72. The Morgan fingerprint density at radius 3 is 2.68 bits per heavy atom. The number of aliphatic carboxylic acids is 1. The standard InChI is InChI=1S/C25H34N4O5/c1-28-21(13-20(27-28)17-7-8-22(33-2)23(12-17)34-3)19-15-29-10-9-16(19)11-18(29)14-26-24(30)5-4-6-25(31)32/h7-8,12-13,16,18-19H,4-6,9-11,14-15H2,1-3H3,(H,26,30)(H,31,32)/t16-,18+,19-/m0/s1. The number of aromatic nitrogens is 2. The van der Waals surface area contributed by atoms with E-state index in [-0.39, 0.29) is 18.7 Å². The molecule has 0 aliphatic carbocycles. The summed E-state index contributed by atoms with van der Waals surface area (Å²) in [6, 6.07) is 8.46. The lowest BCUT2D eigenvalue weighted by molar-refractivity contribution is -0.942. The molecule has 4 atom stereocenters. The summed E-state index contributed by atoms with van der Waals surface area (Å²) >= 11 is 0. The molecule has 184 valence electrons. The molecule has 3 aliphatic rings. The molecule has 2 N–H and O–H groups in total. The van der Waals surface area contributed by atoms with E-state index >= 15 is 0 Å². The Bertz CT molecular complexity index is 1040. The lowest BCUT2D eigenvalue weighted by Gasteiger charge is -2.46. The minimum Gasteiger partial charge on any atom is -0.550 e. The van der Waals surface area contributed by atoms with Crippen molar-refractivity contribution in [1.29, 1.82) is 0 Å². The molecule has 4 heterocycles. The van der Waals surface area contributed by atoms with Gasteiger partial charge in [0.15, 0.2) is 11.5 Å². The number of carbonyl (C=O) groups excluding carboxylic acids is 2. The number of rotatable bonds is 10. The van der Waals surface area contributed by atoms with Gasteiger partial charge in [-0.25, -0.2) is 0 Å². The van der Waals surface area contributed by atoms with E-state index in [2.05, 4.69) is 11.4 Å². The molecule has 5 rings (SSSR count). The highest BCUT2D eigenvalue weighted by atomic mass is 16.5. The van der Waals surface area contributed by atoms with Gasteiger partial charge in [0.1, 0.15) is 6.04 Å². The van der Waals surface area contributed by atoms with Crippen LogP contribution in [0.5, 0.6) is 11.5 Å². The van der Waals surface area contributed by atoms with Gasteiger partial charge in [-0.2, -0.15) is 5.10 Å². The van der Waals surface area contributed by atoms with Gasteiger partial charge in [-0.05, 0) is 43.0 Å². The van der Waals surface area contributed by atoms with E-state index in [1.54, 1.807) is 14.2 Å². The first-order valence-electron chi connectivity index (χ1n) is 12.0. The number of methoxy groups -OCH3 is 2. The van der Waals surface area contributed by atoms with Gasteiger partial charge in [-0.3, -0.25) is 9.48 Å². The molecule has 2 bridgehead atoms. The number of carboxylic acids is 1. The van der Waals surface area contributed by atoms with Gasteiger partial charge in [0.05, 0.1) is 45.5 Å². The van der Waals surface area contributed by atoms with E-state index in [0.717, 1.165) is 30.8 Å². The predicted octanol–water partition coefficient (Wildman–Crippen LogP) is -0.0986. The van der Waals surface area contributed by atoms with Crippen LogP contribution in [0.25, 0.3) is 11.3 Å². The molecule has 2 aromatic rings. The van der Waals surface area contributed by atoms with Crippen LogP contribution in [-0.4, -0.2) is 61.6 Å². The number of ether oxygens (including phenoxy) is 2. The topological polar surface area (TPSA) is 110 Å². The fourth-order valence-corrected chi connectivity index (χ4v) is 5.57. The summed E-state index contributed by atoms with van der Waals surface area (Å²) in [4.78, 5) is 24.1. The zero-order valence-corrected chi connectivity index (χ0v) is 20.1. The van der Waals surface area contributed by atoms with Crippen molar-refractivity contribution in [1.82, 2.24) is 15.1 Å². The van der Waals surface area contributed by atoms with E-state index in [9.17, 15) is 14.7 Å². The first-order chi connectivity index (χ1) is 16.4. The highest BCUT2D eigenvalue weighted by Gasteiger charge is 2.45. The lowest BCUT2D eigenvalue weighted by Crippen LogP contribution is -3.20. The SMILES string of the molecule is COc1ccc(-c2cc([C@H]3C[NH+]4CC[C@H]3C[C@@H]4CNC(=O)CCCC(=O)[O-])n(C)n2)cc1OC. The number of amides is 1. The van der Waals surface area contributed by atoms with Crippen LogP contribution < -0.4 is 24.8 Å². The first kappa shape index (κ1) is 24.1. The van der Waals surface area contributed by atoms with Crippen molar-refractivity contribution in [2.75, 3.05) is 33.9 Å². The van der Waals surface area contributed by atoms with E-state index in [1.807, 2.05) is 29.9 Å². The van der Waals surface area contributed by atoms with Crippen LogP contribution in [0.3, 0.4) is 0 Å². The molecule has 3 saturated heterocycles. The van der Waals surface area contributed by atoms with Crippen LogP contribution in [0.1, 0.15) is 43.7 Å². The number of hydrogen-bond acceptors (Lipinski definition) is 6. The van der Waals surface area contributed by atoms with Crippen molar-refractivity contribution in [2.24, 2.45) is 13.0 Å². The molecule has 3 aliphatic heterocycles. The molecule has 3 fully saturated rings. The van der Waals surface area contributed by atoms with E-state index in [0.29, 0.717) is 42.3 Å².